The molecule has 72 valence electrons. The quantitative estimate of drug-likeness (QED) is 0.592. The van der Waals surface area contributed by atoms with E-state index >= 15 is 0 Å². The van der Waals surface area contributed by atoms with Crippen LogP contribution in [0.3, 0.4) is 0 Å². The van der Waals surface area contributed by atoms with Crippen molar-refractivity contribution >= 4 is 11.6 Å². The Balaban J connectivity index is 2.10. The van der Waals surface area contributed by atoms with E-state index in [-0.39, 0.29) is 11.9 Å². The number of rotatable bonds is 2. The Labute approximate surface area is 77.5 Å². The van der Waals surface area contributed by atoms with E-state index < -0.39 is 0 Å². The van der Waals surface area contributed by atoms with E-state index in [1.807, 2.05) is 11.8 Å². The maximum absolute atomic E-state index is 11.4. The summed E-state index contributed by atoms with van der Waals surface area (Å²) in [5.41, 5.74) is 0.921. The zero-order valence-electron chi connectivity index (χ0n) is 7.82. The van der Waals surface area contributed by atoms with Crippen molar-refractivity contribution in [3.63, 3.8) is 0 Å². The zero-order valence-corrected chi connectivity index (χ0v) is 7.82. The molecule has 13 heavy (non-hydrogen) atoms. The summed E-state index contributed by atoms with van der Waals surface area (Å²) in [5, 5.41) is 3.99. The van der Waals surface area contributed by atoms with Gasteiger partial charge in [0.15, 0.2) is 0 Å². The standard InChI is InChI=1S/C9H14N2O2/c1-2-13-10-7-6-9(12)11-5-3-4-8(7)11/h8H,2-6H2,1H3/b10-7-. The lowest BCUT2D eigenvalue weighted by atomic mass is 10.1. The van der Waals surface area contributed by atoms with Gasteiger partial charge in [0.1, 0.15) is 6.61 Å². The summed E-state index contributed by atoms with van der Waals surface area (Å²) in [7, 11) is 0. The van der Waals surface area contributed by atoms with Crippen LogP contribution in [0.2, 0.25) is 0 Å². The normalized spacial score (nSPS) is 29.9. The minimum absolute atomic E-state index is 0.209. The average Bonchev–Trinajstić information content (AvgIpc) is 2.67. The van der Waals surface area contributed by atoms with Crippen molar-refractivity contribution in [2.45, 2.75) is 32.2 Å². The van der Waals surface area contributed by atoms with E-state index in [1.54, 1.807) is 0 Å². The third kappa shape index (κ3) is 1.41. The van der Waals surface area contributed by atoms with Crippen LogP contribution in [-0.2, 0) is 9.63 Å². The van der Waals surface area contributed by atoms with Crippen LogP contribution in [0.5, 0.6) is 0 Å². The smallest absolute Gasteiger partial charge is 0.229 e. The third-order valence-corrected chi connectivity index (χ3v) is 2.60. The van der Waals surface area contributed by atoms with Crippen LogP contribution in [0, 0.1) is 0 Å². The van der Waals surface area contributed by atoms with Gasteiger partial charge < -0.3 is 9.74 Å². The number of amides is 1. The van der Waals surface area contributed by atoms with Gasteiger partial charge in [0.05, 0.1) is 18.2 Å². The summed E-state index contributed by atoms with van der Waals surface area (Å²) < 4.78 is 0. The summed E-state index contributed by atoms with van der Waals surface area (Å²) in [6, 6.07) is 0.249. The van der Waals surface area contributed by atoms with Crippen molar-refractivity contribution in [3.8, 4) is 0 Å². The monoisotopic (exact) mass is 182 g/mol. The minimum Gasteiger partial charge on any atom is -0.396 e. The van der Waals surface area contributed by atoms with E-state index in [2.05, 4.69) is 5.16 Å². The van der Waals surface area contributed by atoms with E-state index in [4.69, 9.17) is 4.84 Å². The molecule has 0 aliphatic carbocycles. The van der Waals surface area contributed by atoms with Crippen LogP contribution < -0.4 is 0 Å². The lowest BCUT2D eigenvalue weighted by Crippen LogP contribution is -2.29. The van der Waals surface area contributed by atoms with Crippen molar-refractivity contribution in [1.82, 2.24) is 4.90 Å². The fourth-order valence-corrected chi connectivity index (χ4v) is 2.03. The lowest BCUT2D eigenvalue weighted by molar-refractivity contribution is -0.127. The number of fused-ring (bicyclic) bond motifs is 1. The van der Waals surface area contributed by atoms with Crippen LogP contribution >= 0.6 is 0 Å². The third-order valence-electron chi connectivity index (χ3n) is 2.60. The molecule has 4 nitrogen and oxygen atoms in total. The zero-order chi connectivity index (χ0) is 9.26. The second kappa shape index (κ2) is 3.36. The van der Waals surface area contributed by atoms with Gasteiger partial charge in [-0.05, 0) is 19.8 Å². The van der Waals surface area contributed by atoms with Crippen molar-refractivity contribution in [2.75, 3.05) is 13.2 Å². The van der Waals surface area contributed by atoms with Crippen LogP contribution in [0.4, 0.5) is 0 Å². The van der Waals surface area contributed by atoms with Gasteiger partial charge in [-0.1, -0.05) is 5.16 Å². The number of nitrogens with zero attached hydrogens (tertiary/aromatic N) is 2. The molecule has 0 spiro atoms. The van der Waals surface area contributed by atoms with Crippen molar-refractivity contribution in [3.05, 3.63) is 0 Å². The number of hydrogen-bond donors (Lipinski definition) is 0. The molecule has 2 heterocycles. The Morgan fingerprint density at radius 2 is 2.54 bits per heavy atom. The Morgan fingerprint density at radius 1 is 1.69 bits per heavy atom. The first-order valence-corrected chi connectivity index (χ1v) is 4.81. The van der Waals surface area contributed by atoms with Crippen LogP contribution in [0.15, 0.2) is 5.16 Å². The van der Waals surface area contributed by atoms with Crippen LogP contribution in [0.1, 0.15) is 26.2 Å². The molecule has 2 aliphatic rings. The highest BCUT2D eigenvalue weighted by Gasteiger charge is 2.40. The fourth-order valence-electron chi connectivity index (χ4n) is 2.03. The van der Waals surface area contributed by atoms with Crippen molar-refractivity contribution < 1.29 is 9.63 Å². The van der Waals surface area contributed by atoms with Crippen molar-refractivity contribution in [2.24, 2.45) is 5.16 Å². The molecule has 2 aliphatic heterocycles. The number of oxime groups is 1. The van der Waals surface area contributed by atoms with Gasteiger partial charge in [-0.2, -0.15) is 0 Å². The molecule has 0 bridgehead atoms. The first-order chi connectivity index (χ1) is 6.33. The van der Waals surface area contributed by atoms with E-state index in [1.165, 1.54) is 0 Å². The minimum atomic E-state index is 0.209. The van der Waals surface area contributed by atoms with E-state index in [9.17, 15) is 4.79 Å². The number of carbonyl (C=O) groups excluding carboxylic acids is 1. The Bertz CT molecular complexity index is 250. The molecule has 2 saturated heterocycles. The Hall–Kier alpha value is -1.06. The van der Waals surface area contributed by atoms with Gasteiger partial charge in [-0.3, -0.25) is 4.79 Å². The molecule has 2 fully saturated rings. The highest BCUT2D eigenvalue weighted by Crippen LogP contribution is 2.26. The predicted octanol–water partition coefficient (Wildman–Crippen LogP) is 0.774. The first kappa shape index (κ1) is 8.53. The highest BCUT2D eigenvalue weighted by atomic mass is 16.6. The molecule has 0 aromatic rings. The summed E-state index contributed by atoms with van der Waals surface area (Å²) in [4.78, 5) is 18.3. The molecule has 4 heteroatoms. The molecular formula is C9H14N2O2. The molecule has 1 atom stereocenters. The topological polar surface area (TPSA) is 41.9 Å². The molecule has 0 saturated carbocycles. The molecule has 0 aromatic heterocycles. The van der Waals surface area contributed by atoms with E-state index in [0.717, 1.165) is 25.1 Å². The van der Waals surface area contributed by atoms with Gasteiger partial charge in [-0.15, -0.1) is 0 Å². The summed E-state index contributed by atoms with van der Waals surface area (Å²) >= 11 is 0. The molecule has 0 radical (unpaired) electrons. The van der Waals surface area contributed by atoms with Crippen molar-refractivity contribution in [1.29, 1.82) is 0 Å². The molecule has 1 amide bonds. The average molecular weight is 182 g/mol. The van der Waals surface area contributed by atoms with Gasteiger partial charge in [0.25, 0.3) is 0 Å². The summed E-state index contributed by atoms with van der Waals surface area (Å²) in [5.74, 6) is 0.209. The lowest BCUT2D eigenvalue weighted by Gasteiger charge is -2.13. The maximum atomic E-state index is 11.4. The largest absolute Gasteiger partial charge is 0.396 e. The molecular weight excluding hydrogens is 168 g/mol. The number of hydrogen-bond acceptors (Lipinski definition) is 3. The second-order valence-electron chi connectivity index (χ2n) is 3.42. The highest BCUT2D eigenvalue weighted by molar-refractivity contribution is 6.10. The summed E-state index contributed by atoms with van der Waals surface area (Å²) in [6.45, 7) is 3.37. The Morgan fingerprint density at radius 3 is 3.31 bits per heavy atom. The molecule has 0 aromatic carbocycles. The van der Waals surface area contributed by atoms with Gasteiger partial charge in [0, 0.05) is 6.54 Å². The maximum Gasteiger partial charge on any atom is 0.229 e. The van der Waals surface area contributed by atoms with E-state index in [0.29, 0.717) is 13.0 Å². The van der Waals surface area contributed by atoms with Crippen LogP contribution in [0.25, 0.3) is 0 Å². The SMILES string of the molecule is CCO/N=C1/CC(=O)N2CCCC12. The number of carbonyl (C=O) groups is 1. The van der Waals surface area contributed by atoms with Gasteiger partial charge in [-0.25, -0.2) is 0 Å². The van der Waals surface area contributed by atoms with Gasteiger partial charge >= 0.3 is 0 Å². The fraction of sp³-hybridized carbons (Fsp3) is 0.778. The predicted molar refractivity (Wildman–Crippen MR) is 48.4 cm³/mol. The summed E-state index contributed by atoms with van der Waals surface area (Å²) in [6.07, 6.45) is 2.61. The van der Waals surface area contributed by atoms with Crippen LogP contribution in [-0.4, -0.2) is 35.7 Å². The Kier molecular flexibility index (Phi) is 2.20. The first-order valence-electron chi connectivity index (χ1n) is 4.81. The molecule has 0 N–H and O–H groups in total. The van der Waals surface area contributed by atoms with Gasteiger partial charge in [0.2, 0.25) is 5.91 Å². The molecule has 2 rings (SSSR count). The second-order valence-corrected chi connectivity index (χ2v) is 3.42. The molecule has 1 unspecified atom stereocenters.